The van der Waals surface area contributed by atoms with Crippen LogP contribution < -0.4 is 10.2 Å². The molecule has 0 radical (unpaired) electrons. The lowest BCUT2D eigenvalue weighted by Crippen LogP contribution is -2.43. The van der Waals surface area contributed by atoms with Crippen LogP contribution in [-0.4, -0.2) is 36.1 Å². The Morgan fingerprint density at radius 2 is 1.72 bits per heavy atom. The molecule has 1 aromatic heterocycles. The third-order valence-electron chi connectivity index (χ3n) is 3.01. The molecule has 0 saturated carbocycles. The van der Waals surface area contributed by atoms with Gasteiger partial charge in [0.15, 0.2) is 11.6 Å². The fraction of sp³-hybridized carbons (Fsp3) is 0.333. The number of hydrogen-bond donors (Lipinski definition) is 1. The molecule has 18 heavy (non-hydrogen) atoms. The van der Waals surface area contributed by atoms with E-state index in [0.29, 0.717) is 16.9 Å². The average molecular weight is 250 g/mol. The summed E-state index contributed by atoms with van der Waals surface area (Å²) in [4.78, 5) is 10.5. The monoisotopic (exact) mass is 250 g/mol. The minimum absolute atomic E-state index is 0.368. The van der Waals surface area contributed by atoms with E-state index in [1.807, 2.05) is 0 Å². The Bertz CT molecular complexity index is 582. The van der Waals surface area contributed by atoms with Gasteiger partial charge in [0.2, 0.25) is 0 Å². The van der Waals surface area contributed by atoms with Gasteiger partial charge in [0.05, 0.1) is 17.2 Å². The van der Waals surface area contributed by atoms with Crippen LogP contribution in [-0.2, 0) is 0 Å². The van der Waals surface area contributed by atoms with Gasteiger partial charge in [-0.25, -0.2) is 13.8 Å². The summed E-state index contributed by atoms with van der Waals surface area (Å²) < 4.78 is 26.2. The molecule has 0 spiro atoms. The molecule has 0 atom stereocenters. The molecule has 1 aliphatic heterocycles. The van der Waals surface area contributed by atoms with Gasteiger partial charge < -0.3 is 10.2 Å². The summed E-state index contributed by atoms with van der Waals surface area (Å²) in [5.74, 6) is -1.09. The normalized spacial score (nSPS) is 16.2. The topological polar surface area (TPSA) is 41.1 Å². The van der Waals surface area contributed by atoms with E-state index in [9.17, 15) is 8.78 Å². The summed E-state index contributed by atoms with van der Waals surface area (Å²) in [6.45, 7) is 3.45. The number of hydrogen-bond acceptors (Lipinski definition) is 4. The number of anilines is 1. The second-order valence-corrected chi connectivity index (χ2v) is 4.22. The first-order chi connectivity index (χ1) is 8.74. The van der Waals surface area contributed by atoms with E-state index in [0.717, 1.165) is 38.3 Å². The van der Waals surface area contributed by atoms with E-state index in [1.54, 1.807) is 6.20 Å². The summed E-state index contributed by atoms with van der Waals surface area (Å²) in [6.07, 6.45) is 1.60. The standard InChI is InChI=1S/C12H12F2N4/c13-8-5-10-11(6-9(8)14)17-12(7-16-10)18-3-1-15-2-4-18/h5-7,15H,1-4H2. The molecule has 6 heteroatoms. The van der Waals surface area contributed by atoms with E-state index in [-0.39, 0.29) is 0 Å². The van der Waals surface area contributed by atoms with Gasteiger partial charge in [-0.3, -0.25) is 4.98 Å². The first-order valence-electron chi connectivity index (χ1n) is 5.81. The quantitative estimate of drug-likeness (QED) is 0.828. The SMILES string of the molecule is Fc1cc2ncc(N3CCNCC3)nc2cc1F. The van der Waals surface area contributed by atoms with Crippen molar-refractivity contribution in [1.82, 2.24) is 15.3 Å². The zero-order valence-corrected chi connectivity index (χ0v) is 9.66. The lowest BCUT2D eigenvalue weighted by molar-refractivity contribution is 0.510. The molecule has 4 nitrogen and oxygen atoms in total. The number of halogens is 2. The van der Waals surface area contributed by atoms with E-state index in [2.05, 4.69) is 20.2 Å². The minimum Gasteiger partial charge on any atom is -0.353 e. The summed E-state index contributed by atoms with van der Waals surface area (Å²) in [7, 11) is 0. The zero-order valence-electron chi connectivity index (χ0n) is 9.66. The highest BCUT2D eigenvalue weighted by Gasteiger charge is 2.13. The third kappa shape index (κ3) is 1.99. The number of benzene rings is 1. The summed E-state index contributed by atoms with van der Waals surface area (Å²) in [5, 5.41) is 3.24. The van der Waals surface area contributed by atoms with E-state index >= 15 is 0 Å². The van der Waals surface area contributed by atoms with Crippen LogP contribution >= 0.6 is 0 Å². The number of piperazine rings is 1. The summed E-state index contributed by atoms with van der Waals surface area (Å²) in [6, 6.07) is 2.16. The lowest BCUT2D eigenvalue weighted by Gasteiger charge is -2.28. The molecule has 0 amide bonds. The molecule has 1 aromatic carbocycles. The van der Waals surface area contributed by atoms with Gasteiger partial charge >= 0.3 is 0 Å². The Labute approximate surface area is 103 Å². The first-order valence-corrected chi connectivity index (χ1v) is 5.81. The van der Waals surface area contributed by atoms with Crippen molar-refractivity contribution >= 4 is 16.9 Å². The predicted octanol–water partition coefficient (Wildman–Crippen LogP) is 1.32. The number of nitrogens with zero attached hydrogens (tertiary/aromatic N) is 3. The van der Waals surface area contributed by atoms with Crippen LogP contribution in [0.1, 0.15) is 0 Å². The number of nitrogens with one attached hydrogen (secondary N) is 1. The Morgan fingerprint density at radius 3 is 2.44 bits per heavy atom. The molecule has 1 aliphatic rings. The maximum Gasteiger partial charge on any atom is 0.161 e. The van der Waals surface area contributed by atoms with E-state index in [1.165, 1.54) is 0 Å². The largest absolute Gasteiger partial charge is 0.353 e. The van der Waals surface area contributed by atoms with Crippen LogP contribution in [0.15, 0.2) is 18.3 Å². The highest BCUT2D eigenvalue weighted by molar-refractivity contribution is 5.75. The fourth-order valence-electron chi connectivity index (χ4n) is 2.04. The van der Waals surface area contributed by atoms with Crippen LogP contribution in [0.3, 0.4) is 0 Å². The second-order valence-electron chi connectivity index (χ2n) is 4.22. The van der Waals surface area contributed by atoms with Crippen LogP contribution in [0.4, 0.5) is 14.6 Å². The lowest BCUT2D eigenvalue weighted by atomic mass is 10.2. The van der Waals surface area contributed by atoms with Gasteiger partial charge in [0.1, 0.15) is 5.82 Å². The van der Waals surface area contributed by atoms with Crippen LogP contribution in [0, 0.1) is 11.6 Å². The Morgan fingerprint density at radius 1 is 1.06 bits per heavy atom. The maximum absolute atomic E-state index is 13.2. The van der Waals surface area contributed by atoms with Crippen molar-refractivity contribution in [3.63, 3.8) is 0 Å². The number of fused-ring (bicyclic) bond motifs is 1. The molecule has 2 heterocycles. The Kier molecular flexibility index (Phi) is 2.79. The van der Waals surface area contributed by atoms with Gasteiger partial charge in [-0.2, -0.15) is 0 Å². The maximum atomic E-state index is 13.2. The van der Waals surface area contributed by atoms with Gasteiger partial charge in [-0.15, -0.1) is 0 Å². The molecule has 0 aliphatic carbocycles. The van der Waals surface area contributed by atoms with Crippen LogP contribution in [0.2, 0.25) is 0 Å². The molecule has 94 valence electrons. The van der Waals surface area contributed by atoms with Gasteiger partial charge in [0.25, 0.3) is 0 Å². The molecule has 0 unspecified atom stereocenters. The molecule has 3 rings (SSSR count). The molecular formula is C12H12F2N4. The predicted molar refractivity (Wildman–Crippen MR) is 64.5 cm³/mol. The molecule has 1 fully saturated rings. The van der Waals surface area contributed by atoms with Crippen molar-refractivity contribution in [2.24, 2.45) is 0 Å². The van der Waals surface area contributed by atoms with Gasteiger partial charge in [0, 0.05) is 38.3 Å². The van der Waals surface area contributed by atoms with Gasteiger partial charge in [-0.05, 0) is 0 Å². The van der Waals surface area contributed by atoms with Crippen molar-refractivity contribution in [2.75, 3.05) is 31.1 Å². The van der Waals surface area contributed by atoms with Crippen molar-refractivity contribution < 1.29 is 8.78 Å². The molecule has 1 N–H and O–H groups in total. The summed E-state index contributed by atoms with van der Waals surface area (Å²) in [5.41, 5.74) is 0.748. The van der Waals surface area contributed by atoms with Crippen molar-refractivity contribution in [2.45, 2.75) is 0 Å². The van der Waals surface area contributed by atoms with Crippen molar-refractivity contribution in [3.8, 4) is 0 Å². The first kappa shape index (κ1) is 11.3. The Hall–Kier alpha value is -1.82. The van der Waals surface area contributed by atoms with Crippen molar-refractivity contribution in [1.29, 1.82) is 0 Å². The molecule has 0 bridgehead atoms. The Balaban J connectivity index is 2.02. The van der Waals surface area contributed by atoms with Crippen LogP contribution in [0.5, 0.6) is 0 Å². The molecule has 1 saturated heterocycles. The number of aromatic nitrogens is 2. The highest BCUT2D eigenvalue weighted by Crippen LogP contribution is 2.18. The van der Waals surface area contributed by atoms with Gasteiger partial charge in [-0.1, -0.05) is 0 Å². The molecular weight excluding hydrogens is 238 g/mol. The average Bonchev–Trinajstić information content (AvgIpc) is 2.41. The highest BCUT2D eigenvalue weighted by atomic mass is 19.2. The fourth-order valence-corrected chi connectivity index (χ4v) is 2.04. The van der Waals surface area contributed by atoms with Crippen LogP contribution in [0.25, 0.3) is 11.0 Å². The smallest absolute Gasteiger partial charge is 0.161 e. The molecule has 2 aromatic rings. The van der Waals surface area contributed by atoms with E-state index in [4.69, 9.17) is 0 Å². The third-order valence-corrected chi connectivity index (χ3v) is 3.01. The summed E-state index contributed by atoms with van der Waals surface area (Å²) >= 11 is 0. The van der Waals surface area contributed by atoms with E-state index < -0.39 is 11.6 Å². The minimum atomic E-state index is -0.897. The van der Waals surface area contributed by atoms with Crippen molar-refractivity contribution in [3.05, 3.63) is 30.0 Å². The number of rotatable bonds is 1. The second kappa shape index (κ2) is 4.45. The zero-order chi connectivity index (χ0) is 12.5.